The number of benzene rings is 3. The van der Waals surface area contributed by atoms with Crippen LogP contribution in [0.2, 0.25) is 0 Å². The molecule has 3 aromatic carbocycles. The molecule has 0 fully saturated rings. The van der Waals surface area contributed by atoms with Crippen LogP contribution in [0.1, 0.15) is 28.4 Å². The summed E-state index contributed by atoms with van der Waals surface area (Å²) < 4.78 is 80.2. The molecule has 0 unspecified atom stereocenters. The van der Waals surface area contributed by atoms with Gasteiger partial charge in [0.05, 0.1) is 24.4 Å². The van der Waals surface area contributed by atoms with Crippen molar-refractivity contribution in [3.63, 3.8) is 0 Å². The Morgan fingerprint density at radius 1 is 0.913 bits per heavy atom. The van der Waals surface area contributed by atoms with E-state index in [1.807, 2.05) is 0 Å². The highest BCUT2D eigenvalue weighted by Gasteiger charge is 2.33. The quantitative estimate of drug-likeness (QED) is 0.150. The van der Waals surface area contributed by atoms with Crippen LogP contribution in [-0.2, 0) is 17.8 Å². The van der Waals surface area contributed by atoms with Crippen LogP contribution in [-0.4, -0.2) is 51.3 Å². The number of amides is 2. The molecule has 0 radical (unpaired) electrons. The Morgan fingerprint density at radius 2 is 1.57 bits per heavy atom. The van der Waals surface area contributed by atoms with E-state index in [9.17, 15) is 27.2 Å². The number of ether oxygens (including phenoxy) is 2. The van der Waals surface area contributed by atoms with E-state index in [0.717, 1.165) is 46.2 Å². The zero-order valence-corrected chi connectivity index (χ0v) is 26.1. The van der Waals surface area contributed by atoms with Gasteiger partial charge in [-0.25, -0.2) is 18.0 Å². The highest BCUT2D eigenvalue weighted by molar-refractivity contribution is 7.20. The van der Waals surface area contributed by atoms with Crippen molar-refractivity contribution in [2.24, 2.45) is 0 Å². The third-order valence-electron chi connectivity index (χ3n) is 6.66. The molecular formula is C32H31F5N4O4S. The van der Waals surface area contributed by atoms with E-state index in [4.69, 9.17) is 4.74 Å². The Kier molecular flexibility index (Phi) is 11.2. The second-order valence-corrected chi connectivity index (χ2v) is 11.1. The second-order valence-electron chi connectivity index (χ2n) is 10.1. The van der Waals surface area contributed by atoms with Gasteiger partial charge in [-0.1, -0.05) is 24.3 Å². The zero-order chi connectivity index (χ0) is 33.5. The normalized spacial score (nSPS) is 11.1. The van der Waals surface area contributed by atoms with Gasteiger partial charge in [0.2, 0.25) is 0 Å². The van der Waals surface area contributed by atoms with Crippen molar-refractivity contribution < 1.29 is 41.0 Å². The Labute approximate surface area is 266 Å². The molecule has 0 spiro atoms. The number of hydrogen-bond donors (Lipinski definition) is 2. The number of nitrogens with one attached hydrogen (secondary N) is 2. The highest BCUT2D eigenvalue weighted by Crippen LogP contribution is 2.44. The Balaban J connectivity index is 1.96. The molecular weight excluding hydrogens is 631 g/mol. The first-order chi connectivity index (χ1) is 21.9. The molecule has 0 aliphatic rings. The fourth-order valence-corrected chi connectivity index (χ4v) is 5.91. The largest absolute Gasteiger partial charge is 0.449 e. The molecule has 46 heavy (non-hydrogen) atoms. The smallest absolute Gasteiger partial charge is 0.415 e. The second kappa shape index (κ2) is 15.1. The molecule has 1 aromatic heterocycles. The van der Waals surface area contributed by atoms with Crippen LogP contribution in [0.3, 0.4) is 0 Å². The van der Waals surface area contributed by atoms with Gasteiger partial charge >= 0.3 is 12.7 Å². The van der Waals surface area contributed by atoms with Gasteiger partial charge in [-0.15, -0.1) is 11.3 Å². The average Bonchev–Trinajstić information content (AvgIpc) is 3.37. The fourth-order valence-electron chi connectivity index (χ4n) is 4.61. The van der Waals surface area contributed by atoms with Crippen molar-refractivity contribution >= 4 is 39.7 Å². The number of hydrogen-bond acceptors (Lipinski definition) is 7. The van der Waals surface area contributed by atoms with Crippen LogP contribution >= 0.6 is 11.3 Å². The van der Waals surface area contributed by atoms with Crippen molar-refractivity contribution in [2.75, 3.05) is 43.3 Å². The summed E-state index contributed by atoms with van der Waals surface area (Å²) in [4.78, 5) is 30.8. The SMILES string of the molecule is CCOC(=O)N(Cc1c(F)cccc1F)c1sc(-c2ccc(NC)cc2)c(CN(C)C)c1C(=O)Nc1cccc(OC(F)F)c1F. The molecule has 0 aliphatic carbocycles. The minimum Gasteiger partial charge on any atom is -0.449 e. The minimum atomic E-state index is -3.32. The molecule has 0 saturated heterocycles. The fraction of sp³-hybridized carbons (Fsp3) is 0.250. The van der Waals surface area contributed by atoms with Crippen molar-refractivity contribution in [1.82, 2.24) is 4.90 Å². The van der Waals surface area contributed by atoms with Crippen LogP contribution in [0.15, 0.2) is 60.7 Å². The first-order valence-corrected chi connectivity index (χ1v) is 14.8. The minimum absolute atomic E-state index is 0.0384. The number of alkyl halides is 2. The van der Waals surface area contributed by atoms with Crippen molar-refractivity contribution in [1.29, 1.82) is 0 Å². The summed E-state index contributed by atoms with van der Waals surface area (Å²) >= 11 is 0.997. The lowest BCUT2D eigenvalue weighted by molar-refractivity contribution is -0.0521. The van der Waals surface area contributed by atoms with Gasteiger partial charge in [0, 0.05) is 29.7 Å². The van der Waals surface area contributed by atoms with E-state index in [0.29, 0.717) is 16.0 Å². The van der Waals surface area contributed by atoms with E-state index in [1.165, 1.54) is 12.1 Å². The topological polar surface area (TPSA) is 83.1 Å². The van der Waals surface area contributed by atoms with E-state index in [2.05, 4.69) is 15.4 Å². The number of carbonyl (C=O) groups excluding carboxylic acids is 2. The molecule has 0 aliphatic heterocycles. The van der Waals surface area contributed by atoms with Crippen molar-refractivity contribution in [2.45, 2.75) is 26.6 Å². The standard InChI is InChI=1S/C32H31F5N4O4S/c1-5-44-32(43)41(17-20-22(33)8-6-9-23(20)34)30-26(29(42)39-24-10-7-11-25(27(24)35)45-31(36)37)21(16-40(3)4)28(46-30)18-12-14-19(38-2)15-13-18/h6-15,31,38H,5,16-17H2,1-4H3,(H,39,42). The number of rotatable bonds is 12. The molecule has 0 saturated carbocycles. The van der Waals surface area contributed by atoms with Gasteiger partial charge in [-0.2, -0.15) is 8.78 Å². The molecule has 0 bridgehead atoms. The van der Waals surface area contributed by atoms with Crippen molar-refractivity contribution in [3.8, 4) is 16.2 Å². The molecule has 4 aromatic rings. The summed E-state index contributed by atoms with van der Waals surface area (Å²) in [5.74, 6) is -4.81. The van der Waals surface area contributed by atoms with Gasteiger partial charge in [0.15, 0.2) is 11.6 Å². The maximum atomic E-state index is 15.2. The molecule has 1 heterocycles. The first kappa shape index (κ1) is 34.2. The Hall–Kier alpha value is -4.69. The molecule has 4 rings (SSSR count). The zero-order valence-electron chi connectivity index (χ0n) is 25.3. The number of anilines is 3. The summed E-state index contributed by atoms with van der Waals surface area (Å²) in [7, 11) is 5.24. The number of nitrogens with zero attached hydrogens (tertiary/aromatic N) is 2. The van der Waals surface area contributed by atoms with Crippen LogP contribution in [0.25, 0.3) is 10.4 Å². The predicted molar refractivity (Wildman–Crippen MR) is 167 cm³/mol. The lowest BCUT2D eigenvalue weighted by Gasteiger charge is -2.23. The summed E-state index contributed by atoms with van der Waals surface area (Å²) in [5.41, 5.74) is 0.822. The third kappa shape index (κ3) is 7.74. The van der Waals surface area contributed by atoms with E-state index in [-0.39, 0.29) is 23.7 Å². The third-order valence-corrected chi connectivity index (χ3v) is 7.97. The molecule has 0 atom stereocenters. The number of carbonyl (C=O) groups is 2. The lowest BCUT2D eigenvalue weighted by atomic mass is 10.0. The Bertz CT molecular complexity index is 1680. The number of halogens is 5. The van der Waals surface area contributed by atoms with Gasteiger partial charge in [-0.3, -0.25) is 9.69 Å². The first-order valence-electron chi connectivity index (χ1n) is 14.0. The van der Waals surface area contributed by atoms with Crippen LogP contribution in [0.5, 0.6) is 5.75 Å². The lowest BCUT2D eigenvalue weighted by Crippen LogP contribution is -2.33. The molecule has 244 valence electrons. The summed E-state index contributed by atoms with van der Waals surface area (Å²) in [6, 6.07) is 13.8. The summed E-state index contributed by atoms with van der Waals surface area (Å²) in [6.45, 7) is -2.36. The van der Waals surface area contributed by atoms with Crippen LogP contribution in [0.4, 0.5) is 43.1 Å². The van der Waals surface area contributed by atoms with Gasteiger partial charge < -0.3 is 25.0 Å². The monoisotopic (exact) mass is 662 g/mol. The van der Waals surface area contributed by atoms with Crippen LogP contribution < -0.4 is 20.3 Å². The predicted octanol–water partition coefficient (Wildman–Crippen LogP) is 7.95. The van der Waals surface area contributed by atoms with E-state index in [1.54, 1.807) is 57.2 Å². The van der Waals surface area contributed by atoms with Crippen molar-refractivity contribution in [3.05, 3.63) is 94.8 Å². The highest BCUT2D eigenvalue weighted by atomic mass is 32.1. The average molecular weight is 663 g/mol. The van der Waals surface area contributed by atoms with Gasteiger partial charge in [-0.05, 0) is 68.5 Å². The molecule has 2 amide bonds. The van der Waals surface area contributed by atoms with Gasteiger partial charge in [0.25, 0.3) is 5.91 Å². The molecule has 14 heteroatoms. The van der Waals surface area contributed by atoms with E-state index < -0.39 is 59.6 Å². The Morgan fingerprint density at radius 3 is 2.15 bits per heavy atom. The number of thiophene rings is 1. The summed E-state index contributed by atoms with van der Waals surface area (Å²) in [6.07, 6.45) is -0.993. The maximum Gasteiger partial charge on any atom is 0.415 e. The molecule has 2 N–H and O–H groups in total. The van der Waals surface area contributed by atoms with E-state index >= 15 is 4.39 Å². The van der Waals surface area contributed by atoms with Gasteiger partial charge in [0.1, 0.15) is 16.6 Å². The molecule has 8 nitrogen and oxygen atoms in total. The summed E-state index contributed by atoms with van der Waals surface area (Å²) in [5, 5.41) is 5.38. The maximum absolute atomic E-state index is 15.2. The van der Waals surface area contributed by atoms with Crippen LogP contribution in [0, 0.1) is 17.5 Å².